The van der Waals surface area contributed by atoms with E-state index in [1.54, 1.807) is 12.1 Å². The smallest absolute Gasteiger partial charge is 0.220 e. The topological polar surface area (TPSA) is 51.8 Å². The second kappa shape index (κ2) is 4.67. The summed E-state index contributed by atoms with van der Waals surface area (Å²) in [5.41, 5.74) is 7.66. The number of halogens is 2. The molecule has 0 spiro atoms. The maximum Gasteiger partial charge on any atom is 0.220 e. The summed E-state index contributed by atoms with van der Waals surface area (Å²) in [7, 11) is 0. The summed E-state index contributed by atoms with van der Waals surface area (Å²) < 4.78 is 13.3. The molecule has 0 fully saturated rings. The number of anilines is 1. The van der Waals surface area contributed by atoms with Gasteiger partial charge in [-0.2, -0.15) is 0 Å². The third kappa shape index (κ3) is 2.53. The summed E-state index contributed by atoms with van der Waals surface area (Å²) in [6, 6.07) is 6.32. The lowest BCUT2D eigenvalue weighted by Gasteiger charge is -2.05. The quantitative estimate of drug-likeness (QED) is 0.892. The zero-order valence-electron chi connectivity index (χ0n) is 9.24. The zero-order valence-corrected chi connectivity index (χ0v) is 10.0. The first-order chi connectivity index (χ1) is 8.10. The van der Waals surface area contributed by atoms with Crippen LogP contribution in [0.3, 0.4) is 0 Å². The molecule has 0 aliphatic rings. The number of aryl methyl sites for hydroxylation is 1. The first-order valence-corrected chi connectivity index (χ1v) is 5.57. The Balaban J connectivity index is 2.52. The summed E-state index contributed by atoms with van der Waals surface area (Å²) in [5.74, 6) is -0.283. The van der Waals surface area contributed by atoms with Gasteiger partial charge in [-0.1, -0.05) is 24.6 Å². The van der Waals surface area contributed by atoms with Gasteiger partial charge < -0.3 is 5.73 Å². The van der Waals surface area contributed by atoms with Crippen LogP contribution in [0.15, 0.2) is 24.3 Å². The second-order valence-corrected chi connectivity index (χ2v) is 3.99. The van der Waals surface area contributed by atoms with E-state index < -0.39 is 5.82 Å². The molecular formula is C12H11ClFN3. The van der Waals surface area contributed by atoms with E-state index >= 15 is 0 Å². The van der Waals surface area contributed by atoms with Crippen LogP contribution in [0, 0.1) is 5.82 Å². The van der Waals surface area contributed by atoms with E-state index in [4.69, 9.17) is 17.3 Å². The third-order valence-corrected chi connectivity index (χ3v) is 2.68. The SMILES string of the molecule is CCc1cc(-c2ccc(Cl)c(F)c2)nc(N)n1. The molecular weight excluding hydrogens is 241 g/mol. The largest absolute Gasteiger partial charge is 0.368 e. The van der Waals surface area contributed by atoms with Gasteiger partial charge >= 0.3 is 0 Å². The maximum atomic E-state index is 13.3. The van der Waals surface area contributed by atoms with Crippen LogP contribution in [0.1, 0.15) is 12.6 Å². The van der Waals surface area contributed by atoms with Crippen molar-refractivity contribution < 1.29 is 4.39 Å². The van der Waals surface area contributed by atoms with E-state index in [-0.39, 0.29) is 11.0 Å². The molecule has 5 heteroatoms. The Kier molecular flexibility index (Phi) is 3.24. The lowest BCUT2D eigenvalue weighted by atomic mass is 10.1. The van der Waals surface area contributed by atoms with Crippen molar-refractivity contribution in [1.29, 1.82) is 0 Å². The maximum absolute atomic E-state index is 13.3. The number of nitrogen functional groups attached to an aromatic ring is 1. The molecule has 3 nitrogen and oxygen atoms in total. The second-order valence-electron chi connectivity index (χ2n) is 3.59. The Hall–Kier alpha value is -1.68. The Morgan fingerprint density at radius 2 is 2.06 bits per heavy atom. The molecule has 0 aliphatic heterocycles. The number of nitrogens with two attached hydrogens (primary N) is 1. The van der Waals surface area contributed by atoms with E-state index in [0.717, 1.165) is 12.1 Å². The molecule has 0 saturated carbocycles. The molecule has 2 N–H and O–H groups in total. The normalized spacial score (nSPS) is 10.5. The lowest BCUT2D eigenvalue weighted by molar-refractivity contribution is 0.628. The summed E-state index contributed by atoms with van der Waals surface area (Å²) in [5, 5.41) is 0.0893. The predicted octanol–water partition coefficient (Wildman–Crippen LogP) is 3.08. The number of hydrogen-bond acceptors (Lipinski definition) is 3. The average Bonchev–Trinajstić information content (AvgIpc) is 2.32. The van der Waals surface area contributed by atoms with Crippen LogP contribution < -0.4 is 5.73 Å². The van der Waals surface area contributed by atoms with E-state index in [0.29, 0.717) is 11.3 Å². The van der Waals surface area contributed by atoms with E-state index in [1.165, 1.54) is 12.1 Å². The van der Waals surface area contributed by atoms with Crippen molar-refractivity contribution in [1.82, 2.24) is 9.97 Å². The highest BCUT2D eigenvalue weighted by molar-refractivity contribution is 6.30. The van der Waals surface area contributed by atoms with Gasteiger partial charge in [-0.25, -0.2) is 14.4 Å². The van der Waals surface area contributed by atoms with E-state index in [1.807, 2.05) is 6.92 Å². The highest BCUT2D eigenvalue weighted by Gasteiger charge is 2.07. The first kappa shape index (κ1) is 11.8. The fourth-order valence-electron chi connectivity index (χ4n) is 1.50. The Morgan fingerprint density at radius 3 is 2.71 bits per heavy atom. The molecule has 2 rings (SSSR count). The molecule has 0 amide bonds. The third-order valence-electron chi connectivity index (χ3n) is 2.37. The van der Waals surface area contributed by atoms with Gasteiger partial charge in [0.05, 0.1) is 10.7 Å². The van der Waals surface area contributed by atoms with Crippen molar-refractivity contribution in [2.45, 2.75) is 13.3 Å². The van der Waals surface area contributed by atoms with Gasteiger partial charge in [0.1, 0.15) is 5.82 Å². The van der Waals surface area contributed by atoms with Gasteiger partial charge in [-0.15, -0.1) is 0 Å². The van der Waals surface area contributed by atoms with Crippen LogP contribution in [-0.2, 0) is 6.42 Å². The predicted molar refractivity (Wildman–Crippen MR) is 66.2 cm³/mol. The highest BCUT2D eigenvalue weighted by atomic mass is 35.5. The van der Waals surface area contributed by atoms with Crippen molar-refractivity contribution in [3.63, 3.8) is 0 Å². The Bertz CT molecular complexity index is 557. The molecule has 17 heavy (non-hydrogen) atoms. The van der Waals surface area contributed by atoms with Crippen LogP contribution in [-0.4, -0.2) is 9.97 Å². The van der Waals surface area contributed by atoms with Gasteiger partial charge in [-0.05, 0) is 24.6 Å². The van der Waals surface area contributed by atoms with Crippen molar-refractivity contribution in [2.75, 3.05) is 5.73 Å². The molecule has 1 heterocycles. The highest BCUT2D eigenvalue weighted by Crippen LogP contribution is 2.23. The summed E-state index contributed by atoms with van der Waals surface area (Å²) in [6.07, 6.45) is 0.746. The minimum atomic E-state index is -0.473. The van der Waals surface area contributed by atoms with Crippen LogP contribution in [0.2, 0.25) is 5.02 Å². The molecule has 1 aromatic carbocycles. The van der Waals surface area contributed by atoms with Crippen molar-refractivity contribution in [3.05, 3.63) is 40.8 Å². The fraction of sp³-hybridized carbons (Fsp3) is 0.167. The standard InChI is InChI=1S/C12H11ClFN3/c1-2-8-6-11(17-12(15)16-8)7-3-4-9(13)10(14)5-7/h3-6H,2H2,1H3,(H2,15,16,17). The van der Waals surface area contributed by atoms with Gasteiger partial charge in [0.15, 0.2) is 0 Å². The minimum absolute atomic E-state index is 0.0893. The van der Waals surface area contributed by atoms with Crippen molar-refractivity contribution >= 4 is 17.5 Å². The van der Waals surface area contributed by atoms with Crippen molar-refractivity contribution in [2.24, 2.45) is 0 Å². The number of nitrogens with zero attached hydrogens (tertiary/aromatic N) is 2. The summed E-state index contributed by atoms with van der Waals surface area (Å²) in [6.45, 7) is 1.97. The van der Waals surface area contributed by atoms with Gasteiger partial charge in [0, 0.05) is 11.3 Å². The summed E-state index contributed by atoms with van der Waals surface area (Å²) in [4.78, 5) is 8.14. The average molecular weight is 252 g/mol. The molecule has 0 atom stereocenters. The number of hydrogen-bond donors (Lipinski definition) is 1. The van der Waals surface area contributed by atoms with Crippen LogP contribution in [0.4, 0.5) is 10.3 Å². The lowest BCUT2D eigenvalue weighted by Crippen LogP contribution is -2.00. The van der Waals surface area contributed by atoms with E-state index in [9.17, 15) is 4.39 Å². The fourth-order valence-corrected chi connectivity index (χ4v) is 1.62. The number of aromatic nitrogens is 2. The number of rotatable bonds is 2. The Labute approximate surface area is 103 Å². The minimum Gasteiger partial charge on any atom is -0.368 e. The van der Waals surface area contributed by atoms with Gasteiger partial charge in [-0.3, -0.25) is 0 Å². The molecule has 0 unspecified atom stereocenters. The molecule has 88 valence electrons. The van der Waals surface area contributed by atoms with Crippen LogP contribution >= 0.6 is 11.6 Å². The van der Waals surface area contributed by atoms with Crippen molar-refractivity contribution in [3.8, 4) is 11.3 Å². The van der Waals surface area contributed by atoms with Crippen LogP contribution in [0.5, 0.6) is 0 Å². The molecule has 0 saturated heterocycles. The monoisotopic (exact) mass is 251 g/mol. The molecule has 0 radical (unpaired) electrons. The zero-order chi connectivity index (χ0) is 12.4. The van der Waals surface area contributed by atoms with Gasteiger partial charge in [0.2, 0.25) is 5.95 Å². The van der Waals surface area contributed by atoms with E-state index in [2.05, 4.69) is 9.97 Å². The Morgan fingerprint density at radius 1 is 1.29 bits per heavy atom. The molecule has 1 aromatic heterocycles. The summed E-state index contributed by atoms with van der Waals surface area (Å²) >= 11 is 5.63. The molecule has 0 bridgehead atoms. The van der Waals surface area contributed by atoms with Gasteiger partial charge in [0.25, 0.3) is 0 Å². The molecule has 0 aliphatic carbocycles. The number of benzene rings is 1. The molecule has 2 aromatic rings. The van der Waals surface area contributed by atoms with Crippen LogP contribution in [0.25, 0.3) is 11.3 Å². The first-order valence-electron chi connectivity index (χ1n) is 5.19.